The minimum atomic E-state index is -1.11. The van der Waals surface area contributed by atoms with Crippen LogP contribution in [0.2, 0.25) is 0 Å². The summed E-state index contributed by atoms with van der Waals surface area (Å²) in [5.74, 6) is -0.681. The molecule has 8 heteroatoms. The first-order valence-corrected chi connectivity index (χ1v) is 7.82. The lowest BCUT2D eigenvalue weighted by Crippen LogP contribution is -2.17. The molecule has 2 aromatic carbocycles. The lowest BCUT2D eigenvalue weighted by Gasteiger charge is -2.14. The standard InChI is InChI=1S/C19H17N3O4.ClH/c1-20-18(23)11-3-8-16-14(9-11)17(15(10-21-16)19(24)25)22-12-4-6-13(26-2)7-5-12;/h3-10H,1-2H3,(H,20,23)(H,21,22)(H,24,25);1H. The van der Waals surface area contributed by atoms with Gasteiger partial charge in [0.25, 0.3) is 5.91 Å². The summed E-state index contributed by atoms with van der Waals surface area (Å²) in [4.78, 5) is 27.8. The highest BCUT2D eigenvalue weighted by Crippen LogP contribution is 2.30. The number of carbonyl (C=O) groups excluding carboxylic acids is 1. The Morgan fingerprint density at radius 1 is 1.11 bits per heavy atom. The Morgan fingerprint density at radius 2 is 1.81 bits per heavy atom. The molecule has 1 heterocycles. The highest BCUT2D eigenvalue weighted by Gasteiger charge is 2.16. The van der Waals surface area contributed by atoms with Crippen molar-refractivity contribution in [1.29, 1.82) is 0 Å². The minimum Gasteiger partial charge on any atom is -0.497 e. The maximum Gasteiger partial charge on any atom is 0.339 e. The molecular formula is C19H18ClN3O4. The quantitative estimate of drug-likeness (QED) is 0.619. The number of rotatable bonds is 5. The van der Waals surface area contributed by atoms with Crippen LogP contribution < -0.4 is 15.4 Å². The minimum absolute atomic E-state index is 0. The van der Waals surface area contributed by atoms with Crippen LogP contribution in [-0.4, -0.2) is 36.1 Å². The number of benzene rings is 2. The van der Waals surface area contributed by atoms with Gasteiger partial charge in [0.1, 0.15) is 11.3 Å². The van der Waals surface area contributed by atoms with E-state index in [0.29, 0.717) is 33.6 Å². The first-order chi connectivity index (χ1) is 12.5. The molecule has 0 fully saturated rings. The number of carboxylic acid groups (broad SMARTS) is 1. The average Bonchev–Trinajstić information content (AvgIpc) is 2.67. The number of aromatic carboxylic acids is 1. The van der Waals surface area contributed by atoms with Crippen LogP contribution in [-0.2, 0) is 0 Å². The molecule has 0 aliphatic carbocycles. The van der Waals surface area contributed by atoms with Gasteiger partial charge in [0.2, 0.25) is 0 Å². The summed E-state index contributed by atoms with van der Waals surface area (Å²) < 4.78 is 5.13. The van der Waals surface area contributed by atoms with Crippen LogP contribution in [0.3, 0.4) is 0 Å². The van der Waals surface area contributed by atoms with Crippen molar-refractivity contribution in [2.24, 2.45) is 0 Å². The molecule has 0 radical (unpaired) electrons. The van der Waals surface area contributed by atoms with Crippen molar-refractivity contribution in [3.05, 3.63) is 59.8 Å². The molecule has 7 nitrogen and oxygen atoms in total. The summed E-state index contributed by atoms with van der Waals surface area (Å²) in [6, 6.07) is 12.0. The number of nitrogens with zero attached hydrogens (tertiary/aromatic N) is 1. The van der Waals surface area contributed by atoms with Crippen molar-refractivity contribution in [2.75, 3.05) is 19.5 Å². The number of carbonyl (C=O) groups is 2. The van der Waals surface area contributed by atoms with E-state index in [0.717, 1.165) is 0 Å². The summed E-state index contributed by atoms with van der Waals surface area (Å²) in [7, 11) is 3.11. The molecular weight excluding hydrogens is 370 g/mol. The summed E-state index contributed by atoms with van der Waals surface area (Å²) in [6.45, 7) is 0. The van der Waals surface area contributed by atoms with E-state index < -0.39 is 5.97 Å². The first kappa shape index (κ1) is 20.0. The summed E-state index contributed by atoms with van der Waals surface area (Å²) in [6.07, 6.45) is 1.30. The van der Waals surface area contributed by atoms with Gasteiger partial charge in [-0.25, -0.2) is 4.79 Å². The van der Waals surface area contributed by atoms with Gasteiger partial charge < -0.3 is 20.5 Å². The van der Waals surface area contributed by atoms with Crippen molar-refractivity contribution in [2.45, 2.75) is 0 Å². The summed E-state index contributed by atoms with van der Waals surface area (Å²) >= 11 is 0. The molecule has 0 atom stereocenters. The van der Waals surface area contributed by atoms with Crippen molar-refractivity contribution in [3.63, 3.8) is 0 Å². The number of nitrogens with one attached hydrogen (secondary N) is 2. The van der Waals surface area contributed by atoms with Gasteiger partial charge in [-0.15, -0.1) is 12.4 Å². The van der Waals surface area contributed by atoms with Gasteiger partial charge in [-0.2, -0.15) is 0 Å². The van der Waals surface area contributed by atoms with Crippen LogP contribution in [0.25, 0.3) is 10.9 Å². The Morgan fingerprint density at radius 3 is 2.41 bits per heavy atom. The SMILES string of the molecule is CNC(=O)c1ccc2ncc(C(=O)O)c(Nc3ccc(OC)cc3)c2c1.Cl. The number of ether oxygens (including phenoxy) is 1. The molecule has 3 rings (SSSR count). The van der Waals surface area contributed by atoms with Crippen LogP contribution in [0, 0.1) is 0 Å². The molecule has 1 amide bonds. The molecule has 140 valence electrons. The molecule has 3 N–H and O–H groups in total. The topological polar surface area (TPSA) is 101 Å². The number of aromatic nitrogens is 1. The zero-order valence-corrected chi connectivity index (χ0v) is 15.5. The van der Waals surface area contributed by atoms with Gasteiger partial charge in [0.05, 0.1) is 18.3 Å². The average molecular weight is 388 g/mol. The normalized spacial score (nSPS) is 10.0. The molecule has 0 spiro atoms. The van der Waals surface area contributed by atoms with E-state index in [-0.39, 0.29) is 23.9 Å². The van der Waals surface area contributed by atoms with Gasteiger partial charge in [0.15, 0.2) is 0 Å². The zero-order chi connectivity index (χ0) is 18.7. The lowest BCUT2D eigenvalue weighted by molar-refractivity contribution is 0.0697. The van der Waals surface area contributed by atoms with E-state index in [1.165, 1.54) is 13.2 Å². The summed E-state index contributed by atoms with van der Waals surface area (Å²) in [5.41, 5.74) is 2.08. The Balaban J connectivity index is 0.00000261. The maximum atomic E-state index is 11.9. The largest absolute Gasteiger partial charge is 0.497 e. The fraction of sp³-hybridized carbons (Fsp3) is 0.105. The second-order valence-electron chi connectivity index (χ2n) is 5.52. The van der Waals surface area contributed by atoms with E-state index >= 15 is 0 Å². The van der Waals surface area contributed by atoms with Crippen LogP contribution in [0.5, 0.6) is 5.75 Å². The second-order valence-corrected chi connectivity index (χ2v) is 5.52. The third kappa shape index (κ3) is 4.09. The molecule has 0 aliphatic heterocycles. The van der Waals surface area contributed by atoms with E-state index in [4.69, 9.17) is 4.74 Å². The number of pyridine rings is 1. The monoisotopic (exact) mass is 387 g/mol. The molecule has 0 saturated carbocycles. The first-order valence-electron chi connectivity index (χ1n) is 7.82. The van der Waals surface area contributed by atoms with Crippen molar-refractivity contribution in [3.8, 4) is 5.75 Å². The number of carboxylic acids is 1. The van der Waals surface area contributed by atoms with Crippen molar-refractivity contribution in [1.82, 2.24) is 10.3 Å². The third-order valence-corrected chi connectivity index (χ3v) is 3.95. The number of hydrogen-bond donors (Lipinski definition) is 3. The fourth-order valence-electron chi connectivity index (χ4n) is 2.59. The van der Waals surface area contributed by atoms with Crippen LogP contribution in [0.1, 0.15) is 20.7 Å². The number of methoxy groups -OCH3 is 1. The Bertz CT molecular complexity index is 990. The van der Waals surface area contributed by atoms with Gasteiger partial charge in [-0.1, -0.05) is 0 Å². The van der Waals surface area contributed by atoms with E-state index in [1.54, 1.807) is 49.6 Å². The van der Waals surface area contributed by atoms with Gasteiger partial charge in [-0.3, -0.25) is 9.78 Å². The zero-order valence-electron chi connectivity index (χ0n) is 14.6. The van der Waals surface area contributed by atoms with Crippen LogP contribution in [0.15, 0.2) is 48.7 Å². The molecule has 0 aliphatic rings. The molecule has 1 aromatic heterocycles. The van der Waals surface area contributed by atoms with Gasteiger partial charge in [-0.05, 0) is 42.5 Å². The Labute approximate surface area is 161 Å². The highest BCUT2D eigenvalue weighted by molar-refractivity contribution is 6.07. The number of anilines is 2. The second kappa shape index (κ2) is 8.37. The molecule has 0 bridgehead atoms. The predicted molar refractivity (Wildman–Crippen MR) is 106 cm³/mol. The molecule has 0 unspecified atom stereocenters. The van der Waals surface area contributed by atoms with Crippen molar-refractivity contribution >= 4 is 46.6 Å². The number of amides is 1. The van der Waals surface area contributed by atoms with E-state index in [1.807, 2.05) is 0 Å². The Hall–Kier alpha value is -3.32. The predicted octanol–water partition coefficient (Wildman–Crippen LogP) is 3.47. The Kier molecular flexibility index (Phi) is 6.20. The fourth-order valence-corrected chi connectivity index (χ4v) is 2.59. The molecule has 0 saturated heterocycles. The van der Waals surface area contributed by atoms with Crippen molar-refractivity contribution < 1.29 is 19.4 Å². The lowest BCUT2D eigenvalue weighted by atomic mass is 10.1. The third-order valence-electron chi connectivity index (χ3n) is 3.95. The van der Waals surface area contributed by atoms with Gasteiger partial charge >= 0.3 is 5.97 Å². The van der Waals surface area contributed by atoms with E-state index in [9.17, 15) is 14.7 Å². The van der Waals surface area contributed by atoms with Crippen LogP contribution >= 0.6 is 12.4 Å². The van der Waals surface area contributed by atoms with Gasteiger partial charge in [0, 0.05) is 29.9 Å². The van der Waals surface area contributed by atoms with E-state index in [2.05, 4.69) is 15.6 Å². The maximum absolute atomic E-state index is 11.9. The number of hydrogen-bond acceptors (Lipinski definition) is 5. The number of halogens is 1. The summed E-state index contributed by atoms with van der Waals surface area (Å²) in [5, 5.41) is 15.8. The highest BCUT2D eigenvalue weighted by atomic mass is 35.5. The molecule has 27 heavy (non-hydrogen) atoms. The smallest absolute Gasteiger partial charge is 0.339 e. The molecule has 3 aromatic rings. The van der Waals surface area contributed by atoms with Crippen LogP contribution in [0.4, 0.5) is 11.4 Å². The number of fused-ring (bicyclic) bond motifs is 1.